The average Bonchev–Trinajstić information content (AvgIpc) is 3.51. The first-order valence-electron chi connectivity index (χ1n) is 14.6. The van der Waals surface area contributed by atoms with E-state index in [1.54, 1.807) is 19.1 Å². The Labute approximate surface area is 268 Å². The molecule has 3 aromatic rings. The Kier molecular flexibility index (Phi) is 11.0. The average molecular weight is 687 g/mol. The number of amides is 2. The molecule has 44 heavy (non-hydrogen) atoms. The van der Waals surface area contributed by atoms with Crippen molar-refractivity contribution in [3.8, 4) is 11.5 Å². The molecule has 0 spiro atoms. The Bertz CT molecular complexity index is 1570. The van der Waals surface area contributed by atoms with Gasteiger partial charge in [-0.3, -0.25) is 13.9 Å². The molecule has 9 nitrogen and oxygen atoms in total. The first-order chi connectivity index (χ1) is 20.9. The number of aryl methyl sites for hydroxylation is 2. The first-order valence-corrected chi connectivity index (χ1v) is 16.8. The Morgan fingerprint density at radius 3 is 2.14 bits per heavy atom. The van der Waals surface area contributed by atoms with Crippen molar-refractivity contribution in [3.05, 3.63) is 81.8 Å². The van der Waals surface area contributed by atoms with Crippen LogP contribution in [0.3, 0.4) is 0 Å². The highest BCUT2D eigenvalue weighted by Gasteiger charge is 2.34. The summed E-state index contributed by atoms with van der Waals surface area (Å²) in [6.45, 7) is 5.04. The largest absolute Gasteiger partial charge is 0.493 e. The second-order valence-electron chi connectivity index (χ2n) is 11.2. The van der Waals surface area contributed by atoms with Crippen molar-refractivity contribution in [2.45, 2.75) is 70.0 Å². The van der Waals surface area contributed by atoms with Crippen molar-refractivity contribution in [3.63, 3.8) is 0 Å². The number of ether oxygens (including phenoxy) is 2. The third kappa shape index (κ3) is 7.92. The monoisotopic (exact) mass is 685 g/mol. The van der Waals surface area contributed by atoms with Gasteiger partial charge in [0.15, 0.2) is 11.5 Å². The number of carbonyl (C=O) groups excluding carboxylic acids is 2. The lowest BCUT2D eigenvalue weighted by Gasteiger charge is -2.32. The molecular formula is C33H40BrN3O6S. The van der Waals surface area contributed by atoms with Crippen molar-refractivity contribution >= 4 is 43.5 Å². The lowest BCUT2D eigenvalue weighted by Crippen LogP contribution is -2.52. The van der Waals surface area contributed by atoms with Gasteiger partial charge in [-0.2, -0.15) is 0 Å². The van der Waals surface area contributed by atoms with Crippen molar-refractivity contribution in [2.75, 3.05) is 25.1 Å². The lowest BCUT2D eigenvalue weighted by molar-refractivity contribution is -0.139. The zero-order valence-electron chi connectivity index (χ0n) is 25.8. The van der Waals surface area contributed by atoms with E-state index in [-0.39, 0.29) is 29.1 Å². The standard InChI is InChI=1S/C33H40BrN3O6S/c1-22-16-23(2)18-28(17-22)37(44(40,41)29-14-15-30(42-4)31(19-29)43-5)21-32(38)36(20-25-10-12-26(34)13-11-25)24(3)33(39)35-27-8-6-7-9-27/h10-19,24,27H,6-9,20-21H2,1-5H3,(H,35,39)/t24-/m1/s1. The van der Waals surface area contributed by atoms with Crippen LogP contribution < -0.4 is 19.1 Å². The Morgan fingerprint density at radius 1 is 0.932 bits per heavy atom. The molecule has 4 rings (SSSR count). The number of methoxy groups -OCH3 is 2. The van der Waals surface area contributed by atoms with Crippen LogP contribution in [0.5, 0.6) is 11.5 Å². The van der Waals surface area contributed by atoms with Crippen molar-refractivity contribution in [1.29, 1.82) is 0 Å². The van der Waals surface area contributed by atoms with Crippen LogP contribution >= 0.6 is 15.9 Å². The summed E-state index contributed by atoms with van der Waals surface area (Å²) in [5.41, 5.74) is 2.84. The van der Waals surface area contributed by atoms with Crippen LogP contribution in [0.1, 0.15) is 49.3 Å². The van der Waals surface area contributed by atoms with Gasteiger partial charge in [0, 0.05) is 23.1 Å². The minimum Gasteiger partial charge on any atom is -0.493 e. The summed E-state index contributed by atoms with van der Waals surface area (Å²) in [5, 5.41) is 3.09. The van der Waals surface area contributed by atoms with Crippen LogP contribution in [0, 0.1) is 13.8 Å². The third-order valence-electron chi connectivity index (χ3n) is 7.85. The van der Waals surface area contributed by atoms with Gasteiger partial charge < -0.3 is 19.7 Å². The second-order valence-corrected chi connectivity index (χ2v) is 14.0. The molecule has 2 amide bonds. The van der Waals surface area contributed by atoms with E-state index in [2.05, 4.69) is 21.2 Å². The number of hydrogen-bond acceptors (Lipinski definition) is 6. The van der Waals surface area contributed by atoms with E-state index >= 15 is 0 Å². The van der Waals surface area contributed by atoms with Crippen LogP contribution in [0.25, 0.3) is 0 Å². The van der Waals surface area contributed by atoms with E-state index in [0.29, 0.717) is 11.4 Å². The Hall–Kier alpha value is -3.57. The molecule has 0 saturated heterocycles. The maximum absolute atomic E-state index is 14.3. The smallest absolute Gasteiger partial charge is 0.264 e. The predicted molar refractivity (Wildman–Crippen MR) is 175 cm³/mol. The van der Waals surface area contributed by atoms with E-state index in [1.807, 2.05) is 44.2 Å². The molecule has 0 radical (unpaired) electrons. The molecule has 1 aliphatic carbocycles. The van der Waals surface area contributed by atoms with E-state index in [4.69, 9.17) is 9.47 Å². The summed E-state index contributed by atoms with van der Waals surface area (Å²) in [5.74, 6) is -0.147. The molecule has 0 aliphatic heterocycles. The summed E-state index contributed by atoms with van der Waals surface area (Å²) in [7, 11) is -1.38. The molecule has 11 heteroatoms. The molecular weight excluding hydrogens is 646 g/mol. The highest BCUT2D eigenvalue weighted by molar-refractivity contribution is 9.10. The molecule has 1 saturated carbocycles. The van der Waals surface area contributed by atoms with Crippen molar-refractivity contribution in [2.24, 2.45) is 0 Å². The minimum atomic E-state index is -4.27. The van der Waals surface area contributed by atoms with Gasteiger partial charge in [-0.05, 0) is 86.7 Å². The third-order valence-corrected chi connectivity index (χ3v) is 10.1. The maximum atomic E-state index is 14.3. The van der Waals surface area contributed by atoms with Gasteiger partial charge >= 0.3 is 0 Å². The van der Waals surface area contributed by atoms with E-state index in [1.165, 1.54) is 37.3 Å². The molecule has 236 valence electrons. The maximum Gasteiger partial charge on any atom is 0.264 e. The molecule has 0 unspecified atom stereocenters. The first kappa shape index (κ1) is 33.3. The molecule has 1 aliphatic rings. The highest BCUT2D eigenvalue weighted by Crippen LogP contribution is 2.33. The van der Waals surface area contributed by atoms with Crippen LogP contribution in [0.15, 0.2) is 70.0 Å². The number of hydrogen-bond donors (Lipinski definition) is 1. The van der Waals surface area contributed by atoms with Gasteiger partial charge in [-0.1, -0.05) is 47.0 Å². The van der Waals surface area contributed by atoms with Crippen LogP contribution in [-0.4, -0.2) is 58.0 Å². The molecule has 3 aromatic carbocycles. The second kappa shape index (κ2) is 14.5. The molecule has 0 bridgehead atoms. The number of anilines is 1. The minimum absolute atomic E-state index is 0.0615. The van der Waals surface area contributed by atoms with Gasteiger partial charge in [-0.25, -0.2) is 8.42 Å². The van der Waals surface area contributed by atoms with E-state index < -0.39 is 28.5 Å². The molecule has 0 aromatic heterocycles. The zero-order chi connectivity index (χ0) is 32.0. The number of carbonyl (C=O) groups is 2. The summed E-state index contributed by atoms with van der Waals surface area (Å²) in [6.07, 6.45) is 3.92. The fourth-order valence-corrected chi connectivity index (χ4v) is 7.17. The van der Waals surface area contributed by atoms with Gasteiger partial charge in [-0.15, -0.1) is 0 Å². The quantitative estimate of drug-likeness (QED) is 0.260. The van der Waals surface area contributed by atoms with Crippen LogP contribution in [0.4, 0.5) is 5.69 Å². The summed E-state index contributed by atoms with van der Waals surface area (Å²) in [4.78, 5) is 29.0. The Morgan fingerprint density at radius 2 is 1.55 bits per heavy atom. The summed E-state index contributed by atoms with van der Waals surface area (Å²) < 4.78 is 41.2. The van der Waals surface area contributed by atoms with Crippen LogP contribution in [0.2, 0.25) is 0 Å². The number of benzene rings is 3. The predicted octanol–water partition coefficient (Wildman–Crippen LogP) is 5.75. The van der Waals surface area contributed by atoms with Crippen molar-refractivity contribution in [1.82, 2.24) is 10.2 Å². The molecule has 1 N–H and O–H groups in total. The normalized spacial score (nSPS) is 14.1. The van der Waals surface area contributed by atoms with Crippen molar-refractivity contribution < 1.29 is 27.5 Å². The fourth-order valence-electron chi connectivity index (χ4n) is 5.49. The van der Waals surface area contributed by atoms with Gasteiger partial charge in [0.2, 0.25) is 11.8 Å². The van der Waals surface area contributed by atoms with E-state index in [0.717, 1.165) is 51.2 Å². The van der Waals surface area contributed by atoms with Gasteiger partial charge in [0.25, 0.3) is 10.0 Å². The SMILES string of the molecule is COc1ccc(S(=O)(=O)N(CC(=O)N(Cc2ccc(Br)cc2)[C@H](C)C(=O)NC2CCCC2)c2cc(C)cc(C)c2)cc1OC. The molecule has 1 atom stereocenters. The van der Waals surface area contributed by atoms with Gasteiger partial charge in [0.1, 0.15) is 12.6 Å². The lowest BCUT2D eigenvalue weighted by atomic mass is 10.1. The topological polar surface area (TPSA) is 105 Å². The molecule has 0 heterocycles. The highest BCUT2D eigenvalue weighted by atomic mass is 79.9. The van der Waals surface area contributed by atoms with Gasteiger partial charge in [0.05, 0.1) is 24.8 Å². The van der Waals surface area contributed by atoms with Crippen LogP contribution in [-0.2, 0) is 26.2 Å². The Balaban J connectivity index is 1.74. The van der Waals surface area contributed by atoms with E-state index in [9.17, 15) is 18.0 Å². The number of sulfonamides is 1. The summed E-state index contributed by atoms with van der Waals surface area (Å²) >= 11 is 3.44. The number of rotatable bonds is 12. The number of halogens is 1. The number of nitrogens with zero attached hydrogens (tertiary/aromatic N) is 2. The summed E-state index contributed by atoms with van der Waals surface area (Å²) in [6, 6.07) is 16.4. The number of nitrogens with one attached hydrogen (secondary N) is 1. The zero-order valence-corrected chi connectivity index (χ0v) is 28.2. The fraction of sp³-hybridized carbons (Fsp3) is 0.394. The molecule has 1 fully saturated rings.